The fraction of sp³-hybridized carbons (Fsp3) is 0.667. The van der Waals surface area contributed by atoms with Gasteiger partial charge in [-0.3, -0.25) is 0 Å². The molecule has 0 aliphatic carbocycles. The summed E-state index contributed by atoms with van der Waals surface area (Å²) in [6, 6.07) is 0. The van der Waals surface area contributed by atoms with Gasteiger partial charge in [0.2, 0.25) is 0 Å². The summed E-state index contributed by atoms with van der Waals surface area (Å²) in [5.41, 5.74) is 0. The molecular weight excluding hydrogens is 236 g/mol. The van der Waals surface area contributed by atoms with Crippen LogP contribution in [0.25, 0.3) is 0 Å². The van der Waals surface area contributed by atoms with Gasteiger partial charge in [0.1, 0.15) is 0 Å². The molecule has 0 aromatic rings. The van der Waals surface area contributed by atoms with Crippen molar-refractivity contribution >= 4 is 23.1 Å². The summed E-state index contributed by atoms with van der Waals surface area (Å²) in [6.07, 6.45) is 1.98. The second-order valence-electron chi connectivity index (χ2n) is 2.88. The fourth-order valence-electron chi connectivity index (χ4n) is 0.970. The zero-order chi connectivity index (χ0) is 8.15. The van der Waals surface area contributed by atoms with Crippen molar-refractivity contribution in [3.05, 3.63) is 12.7 Å². The summed E-state index contributed by atoms with van der Waals surface area (Å²) >= 11 is -0.918. The van der Waals surface area contributed by atoms with Crippen LogP contribution in [0.1, 0.15) is 27.7 Å². The van der Waals surface area contributed by atoms with Crippen molar-refractivity contribution in [1.82, 2.24) is 0 Å². The molecule has 0 aliphatic rings. The van der Waals surface area contributed by atoms with Gasteiger partial charge >= 0.3 is 71.4 Å². The Hall–Kier alpha value is 0.400. The van der Waals surface area contributed by atoms with Gasteiger partial charge in [-0.2, -0.15) is 0 Å². The van der Waals surface area contributed by atoms with Gasteiger partial charge in [0, 0.05) is 0 Å². The van der Waals surface area contributed by atoms with E-state index in [2.05, 4.69) is 38.3 Å². The molecule has 0 saturated carbocycles. The van der Waals surface area contributed by atoms with Crippen LogP contribution in [0.4, 0.5) is 0 Å². The normalized spacial score (nSPS) is 11.1. The van der Waals surface area contributed by atoms with E-state index in [1.165, 1.54) is 0 Å². The Bertz CT molecular complexity index is 122. The summed E-state index contributed by atoms with van der Waals surface area (Å²) in [5.74, 6) is 0. The van der Waals surface area contributed by atoms with Crippen LogP contribution in [0.15, 0.2) is 12.7 Å². The molecular formula is C9H18Te. The predicted molar refractivity (Wildman–Crippen MR) is 52.2 cm³/mol. The maximum atomic E-state index is 3.75. The second kappa shape index (κ2) is 5.10. The van der Waals surface area contributed by atoms with Crippen molar-refractivity contribution in [1.29, 1.82) is 0 Å². The minimum atomic E-state index is -0.918. The maximum absolute atomic E-state index is 3.75. The number of allylic oxidation sites excluding steroid dienone is 1. The van der Waals surface area contributed by atoms with Crippen LogP contribution in [0.3, 0.4) is 0 Å². The molecule has 0 aromatic carbocycles. The van der Waals surface area contributed by atoms with Crippen LogP contribution in [-0.2, 0) is 0 Å². The molecule has 0 aliphatic heterocycles. The third kappa shape index (κ3) is 3.54. The standard InChI is InChI=1S/C9H18Te/c1-6-7-10(8(2)3)9(4)5/h6-9H,1H2,2-5H3. The van der Waals surface area contributed by atoms with Gasteiger partial charge in [-0.05, 0) is 0 Å². The molecule has 0 fully saturated rings. The van der Waals surface area contributed by atoms with Gasteiger partial charge in [0.05, 0.1) is 0 Å². The molecule has 0 atom stereocenters. The Morgan fingerprint density at radius 1 is 1.10 bits per heavy atom. The van der Waals surface area contributed by atoms with E-state index in [1.807, 2.05) is 6.08 Å². The first-order valence-electron chi connectivity index (χ1n) is 3.76. The van der Waals surface area contributed by atoms with Crippen molar-refractivity contribution in [2.24, 2.45) is 0 Å². The molecule has 0 aromatic heterocycles. The van der Waals surface area contributed by atoms with Crippen molar-refractivity contribution < 1.29 is 0 Å². The summed E-state index contributed by atoms with van der Waals surface area (Å²) < 4.78 is 4.18. The van der Waals surface area contributed by atoms with Crippen molar-refractivity contribution in [3.8, 4) is 0 Å². The summed E-state index contributed by atoms with van der Waals surface area (Å²) in [6.45, 7) is 13.1. The fourth-order valence-corrected chi connectivity index (χ4v) is 6.51. The van der Waals surface area contributed by atoms with E-state index in [0.717, 1.165) is 7.93 Å². The van der Waals surface area contributed by atoms with Gasteiger partial charge in [-0.15, -0.1) is 0 Å². The summed E-state index contributed by atoms with van der Waals surface area (Å²) in [5, 5.41) is 0. The van der Waals surface area contributed by atoms with Gasteiger partial charge < -0.3 is 0 Å². The Morgan fingerprint density at radius 3 is 1.60 bits per heavy atom. The first kappa shape index (κ1) is 10.4. The predicted octanol–water partition coefficient (Wildman–Crippen LogP) is 2.87. The van der Waals surface area contributed by atoms with E-state index in [-0.39, 0.29) is 0 Å². The van der Waals surface area contributed by atoms with Crippen LogP contribution in [0.5, 0.6) is 0 Å². The Morgan fingerprint density at radius 2 is 1.50 bits per heavy atom. The monoisotopic (exact) mass is 256 g/mol. The topological polar surface area (TPSA) is 0 Å². The molecule has 0 saturated heterocycles. The molecule has 0 bridgehead atoms. The molecule has 1 heteroatoms. The zero-order valence-corrected chi connectivity index (χ0v) is 9.76. The third-order valence-corrected chi connectivity index (χ3v) is 9.00. The Kier molecular flexibility index (Phi) is 5.31. The first-order valence-corrected chi connectivity index (χ1v) is 7.79. The molecule has 60 valence electrons. The molecule has 0 amide bonds. The van der Waals surface area contributed by atoms with Gasteiger partial charge in [-0.1, -0.05) is 0 Å². The van der Waals surface area contributed by atoms with Crippen molar-refractivity contribution in [2.75, 3.05) is 0 Å². The van der Waals surface area contributed by atoms with E-state index in [4.69, 9.17) is 0 Å². The number of hydrogen-bond acceptors (Lipinski definition) is 0. The molecule has 0 N–H and O–H groups in total. The first-order chi connectivity index (χ1) is 4.59. The minimum absolute atomic E-state index is 0.904. The van der Waals surface area contributed by atoms with Gasteiger partial charge in [0.25, 0.3) is 0 Å². The van der Waals surface area contributed by atoms with Gasteiger partial charge in [0.15, 0.2) is 0 Å². The van der Waals surface area contributed by atoms with E-state index in [1.54, 1.807) is 0 Å². The van der Waals surface area contributed by atoms with Crippen LogP contribution in [0, 0.1) is 0 Å². The zero-order valence-electron chi connectivity index (χ0n) is 7.42. The van der Waals surface area contributed by atoms with Crippen molar-refractivity contribution in [2.45, 2.75) is 35.6 Å². The van der Waals surface area contributed by atoms with Crippen LogP contribution >= 0.6 is 0 Å². The van der Waals surface area contributed by atoms with Crippen LogP contribution in [-0.4, -0.2) is 23.1 Å². The third-order valence-electron chi connectivity index (χ3n) is 1.34. The van der Waals surface area contributed by atoms with Crippen LogP contribution in [0.2, 0.25) is 7.93 Å². The van der Waals surface area contributed by atoms with E-state index in [0.29, 0.717) is 0 Å². The molecule has 0 unspecified atom stereocenters. The summed E-state index contributed by atoms with van der Waals surface area (Å²) in [7, 11) is 0. The molecule has 0 nitrogen and oxygen atoms in total. The van der Waals surface area contributed by atoms with Crippen LogP contribution < -0.4 is 0 Å². The molecule has 0 spiro atoms. The van der Waals surface area contributed by atoms with E-state index >= 15 is 0 Å². The Balaban J connectivity index is 4.26. The van der Waals surface area contributed by atoms with Gasteiger partial charge in [-0.25, -0.2) is 0 Å². The average molecular weight is 254 g/mol. The average Bonchev–Trinajstić information content (AvgIpc) is 1.81. The molecule has 0 rings (SSSR count). The second-order valence-corrected chi connectivity index (χ2v) is 11.4. The molecule has 0 heterocycles. The van der Waals surface area contributed by atoms with E-state index < -0.39 is 19.1 Å². The number of hydrogen-bond donors (Lipinski definition) is 0. The molecule has 10 heavy (non-hydrogen) atoms. The van der Waals surface area contributed by atoms with E-state index in [9.17, 15) is 0 Å². The molecule has 0 radical (unpaired) electrons. The summed E-state index contributed by atoms with van der Waals surface area (Å²) in [4.78, 5) is 0. The number of rotatable bonds is 3. The SMILES string of the molecule is C=CC=[Te](C(C)C)C(C)C. The Labute approximate surface area is 71.5 Å². The quantitative estimate of drug-likeness (QED) is 0.679. The van der Waals surface area contributed by atoms with Crippen molar-refractivity contribution in [3.63, 3.8) is 0 Å².